The number of nitrogens with one attached hydrogen (secondary N) is 1. The summed E-state index contributed by atoms with van der Waals surface area (Å²) >= 11 is 0. The van der Waals surface area contributed by atoms with E-state index in [0.29, 0.717) is 53.9 Å². The molecule has 3 aliphatic rings. The fourth-order valence-electron chi connectivity index (χ4n) is 5.95. The molecule has 4 aromatic rings. The minimum Gasteiger partial charge on any atom is -0.493 e. The maximum atomic E-state index is 13.7. The topological polar surface area (TPSA) is 136 Å². The molecule has 3 amide bonds. The van der Waals surface area contributed by atoms with Crippen LogP contribution in [0.25, 0.3) is 11.4 Å². The van der Waals surface area contributed by atoms with Crippen molar-refractivity contribution in [3.8, 4) is 28.6 Å². The Bertz CT molecular complexity index is 1800. The van der Waals surface area contributed by atoms with Crippen molar-refractivity contribution in [1.82, 2.24) is 25.3 Å². The summed E-state index contributed by atoms with van der Waals surface area (Å²) in [5.74, 6) is 2.26. The van der Waals surface area contributed by atoms with Crippen LogP contribution >= 0.6 is 0 Å². The van der Waals surface area contributed by atoms with E-state index in [1.807, 2.05) is 56.3 Å². The molecule has 1 aromatic heterocycles. The molecule has 2 atom stereocenters. The van der Waals surface area contributed by atoms with E-state index in [-0.39, 0.29) is 55.8 Å². The monoisotopic (exact) mass is 667 g/mol. The Morgan fingerprint density at radius 2 is 1.84 bits per heavy atom. The molecule has 256 valence electrons. The minimum absolute atomic E-state index is 0.0891. The zero-order valence-electron chi connectivity index (χ0n) is 28.2. The van der Waals surface area contributed by atoms with Gasteiger partial charge in [-0.3, -0.25) is 14.4 Å². The number of likely N-dealkylation sites (N-methyl/N-ethyl adjacent to an activating group) is 1. The summed E-state index contributed by atoms with van der Waals surface area (Å²) in [6.07, 6.45) is 0.694. The van der Waals surface area contributed by atoms with Gasteiger partial charge in [0.05, 0.1) is 32.4 Å². The Kier molecular flexibility index (Phi) is 10.2. The molecular formula is C37H41N5O7. The Hall–Kier alpha value is -5.23. The van der Waals surface area contributed by atoms with Gasteiger partial charge in [0, 0.05) is 43.6 Å². The summed E-state index contributed by atoms with van der Waals surface area (Å²) in [6.45, 7) is 4.78. The number of benzene rings is 3. The van der Waals surface area contributed by atoms with Crippen LogP contribution in [0.4, 0.5) is 0 Å². The van der Waals surface area contributed by atoms with Gasteiger partial charge in [0.25, 0.3) is 5.91 Å². The van der Waals surface area contributed by atoms with Crippen LogP contribution in [-0.2, 0) is 27.4 Å². The first kappa shape index (κ1) is 33.7. The van der Waals surface area contributed by atoms with Gasteiger partial charge < -0.3 is 33.9 Å². The van der Waals surface area contributed by atoms with Crippen molar-refractivity contribution >= 4 is 17.7 Å². The number of rotatable bonds is 4. The van der Waals surface area contributed by atoms with Crippen molar-refractivity contribution in [2.24, 2.45) is 0 Å². The lowest BCUT2D eigenvalue weighted by molar-refractivity contribution is -0.135. The van der Waals surface area contributed by atoms with Crippen molar-refractivity contribution in [1.29, 1.82) is 0 Å². The maximum absolute atomic E-state index is 13.7. The molecule has 7 rings (SSSR count). The van der Waals surface area contributed by atoms with E-state index in [4.69, 9.17) is 18.7 Å². The highest BCUT2D eigenvalue weighted by atomic mass is 16.5. The number of hydrogen-bond acceptors (Lipinski definition) is 9. The normalized spacial score (nSPS) is 19.0. The molecule has 0 aliphatic carbocycles. The Morgan fingerprint density at radius 1 is 1.02 bits per heavy atom. The molecule has 4 bridgehead atoms. The van der Waals surface area contributed by atoms with Crippen LogP contribution in [0.5, 0.6) is 17.2 Å². The average molecular weight is 668 g/mol. The number of amides is 3. The average Bonchev–Trinajstić information content (AvgIpc) is 3.61. The molecule has 12 heteroatoms. The number of aromatic nitrogens is 2. The lowest BCUT2D eigenvalue weighted by Crippen LogP contribution is -2.57. The van der Waals surface area contributed by atoms with E-state index in [2.05, 4.69) is 15.5 Å². The minimum atomic E-state index is -0.505. The lowest BCUT2D eigenvalue weighted by atomic mass is 10.00. The third-order valence-electron chi connectivity index (χ3n) is 8.77. The second kappa shape index (κ2) is 14.9. The molecule has 0 radical (unpaired) electrons. The summed E-state index contributed by atoms with van der Waals surface area (Å²) in [4.78, 5) is 47.4. The maximum Gasteiger partial charge on any atom is 0.253 e. The molecule has 0 unspecified atom stereocenters. The van der Waals surface area contributed by atoms with E-state index >= 15 is 0 Å². The SMILES string of the molecule is COc1cc2ccc1Oc1cccc(c1)CO[C@H]1CN(C(=O)c3ccc(-c4noc(C(C)C)n4)cc3)CC[C@@H]1NC(=O)CN(C)C(=O)CC2. The molecule has 1 N–H and O–H groups in total. The summed E-state index contributed by atoms with van der Waals surface area (Å²) in [5, 5.41) is 7.14. The van der Waals surface area contributed by atoms with Crippen molar-refractivity contribution in [3.63, 3.8) is 0 Å². The Balaban J connectivity index is 1.21. The molecule has 1 saturated heterocycles. The smallest absolute Gasteiger partial charge is 0.253 e. The van der Waals surface area contributed by atoms with Gasteiger partial charge in [0.1, 0.15) is 5.75 Å². The van der Waals surface area contributed by atoms with Gasteiger partial charge in [0.2, 0.25) is 23.5 Å². The van der Waals surface area contributed by atoms with Crippen molar-refractivity contribution in [3.05, 3.63) is 89.3 Å². The van der Waals surface area contributed by atoms with Crippen LogP contribution in [0.15, 0.2) is 71.3 Å². The van der Waals surface area contributed by atoms with Crippen LogP contribution < -0.4 is 14.8 Å². The number of likely N-dealkylation sites (tertiary alicyclic amines) is 1. The van der Waals surface area contributed by atoms with Gasteiger partial charge in [-0.2, -0.15) is 4.98 Å². The van der Waals surface area contributed by atoms with Crippen LogP contribution in [0.1, 0.15) is 60.0 Å². The van der Waals surface area contributed by atoms with Crippen LogP contribution in [0, 0.1) is 0 Å². The number of aryl methyl sites for hydroxylation is 1. The number of methoxy groups -OCH3 is 1. The third kappa shape index (κ3) is 8.09. The van der Waals surface area contributed by atoms with Gasteiger partial charge in [-0.1, -0.05) is 49.3 Å². The molecule has 49 heavy (non-hydrogen) atoms. The zero-order chi connectivity index (χ0) is 34.5. The van der Waals surface area contributed by atoms with Gasteiger partial charge in [-0.05, 0) is 60.4 Å². The predicted octanol–water partition coefficient (Wildman–Crippen LogP) is 4.98. The highest BCUT2D eigenvalue weighted by Gasteiger charge is 2.34. The molecule has 3 aliphatic heterocycles. The van der Waals surface area contributed by atoms with Crippen molar-refractivity contribution in [2.45, 2.75) is 57.8 Å². The molecule has 3 aromatic carbocycles. The number of carbonyl (C=O) groups excluding carboxylic acids is 3. The van der Waals surface area contributed by atoms with Gasteiger partial charge >= 0.3 is 0 Å². The second-order valence-electron chi connectivity index (χ2n) is 12.7. The standard InChI is InChI=1S/C37H41N5O7/c1-23(2)36-39-35(40-49-36)26-10-12-27(13-11-26)37(45)42-17-16-29-32(20-42)47-22-25-6-5-7-28(18-25)48-30-14-8-24(19-31(30)46-4)9-15-34(44)41(3)21-33(43)38-29/h5-8,10-14,18-19,23,29,32H,9,15-17,20-22H2,1-4H3,(H,38,43)/t29-,32-/m0/s1. The van der Waals surface area contributed by atoms with Crippen molar-refractivity contribution in [2.75, 3.05) is 33.8 Å². The first-order chi connectivity index (χ1) is 23.7. The van der Waals surface area contributed by atoms with Crippen LogP contribution in [0.3, 0.4) is 0 Å². The number of fused-ring (bicyclic) bond motifs is 9. The number of nitrogens with zero attached hydrogens (tertiary/aromatic N) is 4. The summed E-state index contributed by atoms with van der Waals surface area (Å²) in [5.41, 5.74) is 3.05. The first-order valence-corrected chi connectivity index (χ1v) is 16.5. The van der Waals surface area contributed by atoms with E-state index < -0.39 is 6.10 Å². The Morgan fingerprint density at radius 3 is 2.59 bits per heavy atom. The van der Waals surface area contributed by atoms with Gasteiger partial charge in [-0.25, -0.2) is 0 Å². The molecule has 4 heterocycles. The van der Waals surface area contributed by atoms with E-state index in [1.165, 1.54) is 4.90 Å². The largest absolute Gasteiger partial charge is 0.493 e. The fourth-order valence-corrected chi connectivity index (χ4v) is 5.95. The molecular weight excluding hydrogens is 626 g/mol. The third-order valence-corrected chi connectivity index (χ3v) is 8.77. The lowest BCUT2D eigenvalue weighted by Gasteiger charge is -2.39. The highest BCUT2D eigenvalue weighted by molar-refractivity contribution is 5.94. The second-order valence-corrected chi connectivity index (χ2v) is 12.7. The molecule has 0 saturated carbocycles. The van der Waals surface area contributed by atoms with Crippen molar-refractivity contribution < 1.29 is 33.1 Å². The van der Waals surface area contributed by atoms with Gasteiger partial charge in [0.15, 0.2) is 11.5 Å². The van der Waals surface area contributed by atoms with Crippen LogP contribution in [-0.4, -0.2) is 83.6 Å². The summed E-state index contributed by atoms with van der Waals surface area (Å²) in [6, 6.07) is 19.9. The molecule has 1 fully saturated rings. The molecule has 0 spiro atoms. The number of ether oxygens (including phenoxy) is 3. The van der Waals surface area contributed by atoms with Gasteiger partial charge in [-0.15, -0.1) is 0 Å². The zero-order valence-corrected chi connectivity index (χ0v) is 28.2. The summed E-state index contributed by atoms with van der Waals surface area (Å²) < 4.78 is 23.5. The molecule has 12 nitrogen and oxygen atoms in total. The van der Waals surface area contributed by atoms with E-state index in [0.717, 1.165) is 16.7 Å². The quantitative estimate of drug-likeness (QED) is 0.320. The fraction of sp³-hybridized carbons (Fsp3) is 0.378. The number of carbonyl (C=O) groups is 3. The van der Waals surface area contributed by atoms with Crippen LogP contribution in [0.2, 0.25) is 0 Å². The predicted molar refractivity (Wildman–Crippen MR) is 180 cm³/mol. The highest BCUT2D eigenvalue weighted by Crippen LogP contribution is 2.33. The first-order valence-electron chi connectivity index (χ1n) is 16.5. The number of hydrogen-bond donors (Lipinski definition) is 1. The number of piperidine rings is 1. The Labute approximate surface area is 285 Å². The summed E-state index contributed by atoms with van der Waals surface area (Å²) in [7, 11) is 3.20. The van der Waals surface area contributed by atoms with E-state index in [1.54, 1.807) is 43.3 Å². The van der Waals surface area contributed by atoms with E-state index in [9.17, 15) is 14.4 Å².